The second kappa shape index (κ2) is 4.20. The molecular formula is C11H19N3S. The lowest BCUT2D eigenvalue weighted by atomic mass is 10.00. The molecule has 0 saturated carbocycles. The van der Waals surface area contributed by atoms with Crippen molar-refractivity contribution in [1.82, 2.24) is 15.2 Å². The maximum atomic E-state index is 4.53. The summed E-state index contributed by atoms with van der Waals surface area (Å²) in [6.45, 7) is 10.9. The molecule has 0 spiro atoms. The molecule has 0 unspecified atom stereocenters. The van der Waals surface area contributed by atoms with E-state index in [0.717, 1.165) is 31.2 Å². The van der Waals surface area contributed by atoms with Crippen LogP contribution in [-0.2, 0) is 6.54 Å². The van der Waals surface area contributed by atoms with E-state index in [0.29, 0.717) is 0 Å². The predicted molar refractivity (Wildman–Crippen MR) is 64.2 cm³/mol. The summed E-state index contributed by atoms with van der Waals surface area (Å²) in [7, 11) is 0. The van der Waals surface area contributed by atoms with Gasteiger partial charge in [0.2, 0.25) is 0 Å². The maximum Gasteiger partial charge on any atom is 0.0897 e. The summed E-state index contributed by atoms with van der Waals surface area (Å²) >= 11 is 1.74. The second-order valence-corrected chi connectivity index (χ2v) is 5.83. The molecule has 1 aromatic heterocycles. The zero-order valence-corrected chi connectivity index (χ0v) is 10.5. The van der Waals surface area contributed by atoms with Crippen LogP contribution < -0.4 is 5.32 Å². The van der Waals surface area contributed by atoms with Crippen molar-refractivity contribution in [3.63, 3.8) is 0 Å². The van der Waals surface area contributed by atoms with Crippen LogP contribution in [0.25, 0.3) is 0 Å². The minimum absolute atomic E-state index is 0.246. The van der Waals surface area contributed by atoms with Crippen molar-refractivity contribution < 1.29 is 0 Å². The average molecular weight is 225 g/mol. The summed E-state index contributed by atoms with van der Waals surface area (Å²) in [5.41, 5.74) is 1.46. The van der Waals surface area contributed by atoms with Gasteiger partial charge in [-0.1, -0.05) is 0 Å². The summed E-state index contributed by atoms with van der Waals surface area (Å²) in [4.78, 5) is 7.04. The number of hydrogen-bond acceptors (Lipinski definition) is 4. The van der Waals surface area contributed by atoms with Gasteiger partial charge in [-0.15, -0.1) is 11.3 Å². The Morgan fingerprint density at radius 3 is 3.00 bits per heavy atom. The standard InChI is InChI=1S/C11H19N3S/c1-9-13-10(7-15-9)6-14-5-4-12-8-11(14,2)3/h7,12H,4-6,8H2,1-3H3. The van der Waals surface area contributed by atoms with Crippen LogP contribution >= 0.6 is 11.3 Å². The van der Waals surface area contributed by atoms with Crippen molar-refractivity contribution in [3.05, 3.63) is 16.1 Å². The number of aryl methyl sites for hydroxylation is 1. The number of thiazole rings is 1. The molecule has 0 bridgehead atoms. The molecule has 2 heterocycles. The Hall–Kier alpha value is -0.450. The Morgan fingerprint density at radius 2 is 2.40 bits per heavy atom. The average Bonchev–Trinajstić information content (AvgIpc) is 2.55. The molecular weight excluding hydrogens is 206 g/mol. The lowest BCUT2D eigenvalue weighted by Gasteiger charge is -2.42. The van der Waals surface area contributed by atoms with E-state index >= 15 is 0 Å². The van der Waals surface area contributed by atoms with Crippen molar-refractivity contribution in [3.8, 4) is 0 Å². The van der Waals surface area contributed by atoms with E-state index in [1.165, 1.54) is 5.69 Å². The monoisotopic (exact) mass is 225 g/mol. The first kappa shape index (κ1) is 11.0. The fourth-order valence-electron chi connectivity index (χ4n) is 1.99. The summed E-state index contributed by atoms with van der Waals surface area (Å²) in [5.74, 6) is 0. The third-order valence-corrected chi connectivity index (χ3v) is 3.81. The van der Waals surface area contributed by atoms with Crippen LogP contribution in [0.3, 0.4) is 0 Å². The first-order valence-electron chi connectivity index (χ1n) is 5.45. The van der Waals surface area contributed by atoms with E-state index in [4.69, 9.17) is 0 Å². The second-order valence-electron chi connectivity index (χ2n) is 4.77. The minimum atomic E-state index is 0.246. The van der Waals surface area contributed by atoms with Gasteiger partial charge in [0.1, 0.15) is 0 Å². The van der Waals surface area contributed by atoms with Gasteiger partial charge in [0.25, 0.3) is 0 Å². The Balaban J connectivity index is 2.04. The van der Waals surface area contributed by atoms with Crippen LogP contribution in [0.2, 0.25) is 0 Å². The number of piperazine rings is 1. The molecule has 3 nitrogen and oxygen atoms in total. The lowest BCUT2D eigenvalue weighted by molar-refractivity contribution is 0.0816. The summed E-state index contributed by atoms with van der Waals surface area (Å²) < 4.78 is 0. The Labute approximate surface area is 95.5 Å². The summed E-state index contributed by atoms with van der Waals surface area (Å²) in [5, 5.41) is 6.78. The van der Waals surface area contributed by atoms with Crippen LogP contribution in [0.15, 0.2) is 5.38 Å². The summed E-state index contributed by atoms with van der Waals surface area (Å²) in [6, 6.07) is 0. The number of nitrogens with one attached hydrogen (secondary N) is 1. The van der Waals surface area contributed by atoms with Crippen molar-refractivity contribution in [2.24, 2.45) is 0 Å². The highest BCUT2D eigenvalue weighted by Crippen LogP contribution is 2.20. The highest BCUT2D eigenvalue weighted by Gasteiger charge is 2.29. The van der Waals surface area contributed by atoms with Gasteiger partial charge >= 0.3 is 0 Å². The molecule has 1 aromatic rings. The lowest BCUT2D eigenvalue weighted by Crippen LogP contribution is -2.57. The third kappa shape index (κ3) is 2.56. The van der Waals surface area contributed by atoms with Gasteiger partial charge in [0.15, 0.2) is 0 Å². The molecule has 1 fully saturated rings. The maximum absolute atomic E-state index is 4.53. The van der Waals surface area contributed by atoms with E-state index < -0.39 is 0 Å². The van der Waals surface area contributed by atoms with E-state index in [9.17, 15) is 0 Å². The van der Waals surface area contributed by atoms with Crippen LogP contribution in [-0.4, -0.2) is 35.1 Å². The summed E-state index contributed by atoms with van der Waals surface area (Å²) in [6.07, 6.45) is 0. The van der Waals surface area contributed by atoms with Gasteiger partial charge in [-0.3, -0.25) is 4.90 Å². The zero-order valence-electron chi connectivity index (χ0n) is 9.71. The van der Waals surface area contributed by atoms with Crippen molar-refractivity contribution >= 4 is 11.3 Å². The smallest absolute Gasteiger partial charge is 0.0897 e. The SMILES string of the molecule is Cc1nc(CN2CCNCC2(C)C)cs1. The molecule has 1 aliphatic rings. The quantitative estimate of drug-likeness (QED) is 0.829. The molecule has 15 heavy (non-hydrogen) atoms. The molecule has 1 aliphatic heterocycles. The molecule has 84 valence electrons. The Morgan fingerprint density at radius 1 is 1.60 bits per heavy atom. The van der Waals surface area contributed by atoms with Crippen molar-refractivity contribution in [2.75, 3.05) is 19.6 Å². The molecule has 4 heteroatoms. The van der Waals surface area contributed by atoms with Crippen LogP contribution in [0, 0.1) is 6.92 Å². The largest absolute Gasteiger partial charge is 0.314 e. The first-order chi connectivity index (χ1) is 7.08. The number of nitrogens with zero attached hydrogens (tertiary/aromatic N) is 2. The number of rotatable bonds is 2. The van der Waals surface area contributed by atoms with Gasteiger partial charge < -0.3 is 5.32 Å². The third-order valence-electron chi connectivity index (χ3n) is 2.99. The van der Waals surface area contributed by atoms with Crippen LogP contribution in [0.4, 0.5) is 0 Å². The predicted octanol–water partition coefficient (Wildman–Crippen LogP) is 1.64. The van der Waals surface area contributed by atoms with Crippen LogP contribution in [0.1, 0.15) is 24.5 Å². The fourth-order valence-corrected chi connectivity index (χ4v) is 2.60. The van der Waals surface area contributed by atoms with Crippen molar-refractivity contribution in [1.29, 1.82) is 0 Å². The van der Waals surface area contributed by atoms with Crippen molar-refractivity contribution in [2.45, 2.75) is 32.9 Å². The number of aromatic nitrogens is 1. The van der Waals surface area contributed by atoms with Gasteiger partial charge in [-0.05, 0) is 20.8 Å². The fraction of sp³-hybridized carbons (Fsp3) is 0.727. The van der Waals surface area contributed by atoms with E-state index in [-0.39, 0.29) is 5.54 Å². The number of hydrogen-bond donors (Lipinski definition) is 1. The topological polar surface area (TPSA) is 28.2 Å². The Kier molecular flexibility index (Phi) is 3.09. The zero-order chi connectivity index (χ0) is 10.9. The highest BCUT2D eigenvalue weighted by atomic mass is 32.1. The molecule has 0 aliphatic carbocycles. The van der Waals surface area contributed by atoms with E-state index in [1.54, 1.807) is 11.3 Å². The molecule has 0 atom stereocenters. The molecule has 0 aromatic carbocycles. The molecule has 0 amide bonds. The normalized spacial score (nSPS) is 21.8. The highest BCUT2D eigenvalue weighted by molar-refractivity contribution is 7.09. The molecule has 1 saturated heterocycles. The van der Waals surface area contributed by atoms with Gasteiger partial charge in [-0.2, -0.15) is 0 Å². The van der Waals surface area contributed by atoms with Crippen LogP contribution in [0.5, 0.6) is 0 Å². The van der Waals surface area contributed by atoms with Gasteiger partial charge in [0, 0.05) is 37.1 Å². The van der Waals surface area contributed by atoms with Gasteiger partial charge in [0.05, 0.1) is 10.7 Å². The Bertz CT molecular complexity index is 332. The van der Waals surface area contributed by atoms with Gasteiger partial charge in [-0.25, -0.2) is 4.98 Å². The molecule has 1 N–H and O–H groups in total. The molecule has 2 rings (SSSR count). The first-order valence-corrected chi connectivity index (χ1v) is 6.33. The van der Waals surface area contributed by atoms with E-state index in [2.05, 4.69) is 41.4 Å². The molecule has 0 radical (unpaired) electrons. The minimum Gasteiger partial charge on any atom is -0.314 e. The van der Waals surface area contributed by atoms with E-state index in [1.807, 2.05) is 0 Å².